The molecule has 1 spiro atoms. The number of aromatic amines is 1. The first-order valence-electron chi connectivity index (χ1n) is 12.3. The lowest BCUT2D eigenvalue weighted by Crippen LogP contribution is -2.55. The molecule has 3 fully saturated rings. The lowest BCUT2D eigenvalue weighted by Gasteiger charge is -2.35. The fraction of sp³-hybridized carbons (Fsp3) is 0.393. The van der Waals surface area contributed by atoms with Crippen LogP contribution in [0.1, 0.15) is 47.2 Å². The molecule has 3 aromatic rings. The SMILES string of the molecule is C=C1C2(O)CCC(NC(=O)c3cccc4[nH]ccc34)[C@@H]3Oc4c(O)ccc(C)c4C132.NCC1CC1. The fourth-order valence-corrected chi connectivity index (χ4v) is 6.22. The summed E-state index contributed by atoms with van der Waals surface area (Å²) in [5, 5.41) is 25.8. The van der Waals surface area contributed by atoms with Crippen molar-refractivity contribution in [1.29, 1.82) is 0 Å². The number of aromatic hydroxyl groups is 1. The van der Waals surface area contributed by atoms with E-state index in [9.17, 15) is 15.0 Å². The monoisotopic (exact) mass is 473 g/mol. The number of rotatable bonds is 3. The van der Waals surface area contributed by atoms with Crippen molar-refractivity contribution in [2.75, 3.05) is 6.54 Å². The number of aliphatic hydroxyl groups is 1. The molecule has 1 amide bonds. The van der Waals surface area contributed by atoms with Gasteiger partial charge in [0, 0.05) is 28.2 Å². The summed E-state index contributed by atoms with van der Waals surface area (Å²) in [6.45, 7) is 7.02. The third-order valence-electron chi connectivity index (χ3n) is 8.35. The van der Waals surface area contributed by atoms with Crippen LogP contribution in [0.3, 0.4) is 0 Å². The van der Waals surface area contributed by atoms with Crippen molar-refractivity contribution in [1.82, 2.24) is 10.3 Å². The Bertz CT molecular complexity index is 1360. The first-order valence-corrected chi connectivity index (χ1v) is 12.3. The molecule has 3 saturated carbocycles. The lowest BCUT2D eigenvalue weighted by molar-refractivity contribution is 0.0226. The summed E-state index contributed by atoms with van der Waals surface area (Å²) in [5.41, 5.74) is 7.31. The Morgan fingerprint density at radius 1 is 1.26 bits per heavy atom. The number of hydrogen-bond donors (Lipinski definition) is 5. The van der Waals surface area contributed by atoms with Gasteiger partial charge in [-0.3, -0.25) is 4.79 Å². The van der Waals surface area contributed by atoms with Crippen LogP contribution in [0.4, 0.5) is 0 Å². The van der Waals surface area contributed by atoms with Gasteiger partial charge in [-0.05, 0) is 80.5 Å². The Balaban J connectivity index is 0.000000410. The van der Waals surface area contributed by atoms with Gasteiger partial charge in [-0.15, -0.1) is 0 Å². The molecule has 0 radical (unpaired) electrons. The molecule has 3 unspecified atom stereocenters. The zero-order valence-corrected chi connectivity index (χ0v) is 19.8. The molecule has 182 valence electrons. The van der Waals surface area contributed by atoms with E-state index in [1.165, 1.54) is 12.8 Å². The average molecular weight is 474 g/mol. The molecule has 2 aromatic carbocycles. The zero-order chi connectivity index (χ0) is 24.5. The number of carbonyl (C=O) groups excluding carboxylic acids is 1. The summed E-state index contributed by atoms with van der Waals surface area (Å²) in [7, 11) is 0. The number of phenolic OH excluding ortho intramolecular Hbond substituents is 1. The number of aromatic nitrogens is 1. The number of hydrogen-bond acceptors (Lipinski definition) is 5. The van der Waals surface area contributed by atoms with Crippen molar-refractivity contribution in [3.05, 3.63) is 71.4 Å². The summed E-state index contributed by atoms with van der Waals surface area (Å²) in [6.07, 6.45) is 5.12. The molecule has 7 heteroatoms. The quantitative estimate of drug-likeness (QED) is 0.373. The van der Waals surface area contributed by atoms with Crippen LogP contribution in [0.15, 0.2) is 54.7 Å². The fourth-order valence-electron chi connectivity index (χ4n) is 6.22. The van der Waals surface area contributed by atoms with Crippen LogP contribution in [0.25, 0.3) is 10.9 Å². The minimum atomic E-state index is -1.07. The Hall–Kier alpha value is -3.29. The first-order chi connectivity index (χ1) is 16.8. The maximum absolute atomic E-state index is 13.2. The van der Waals surface area contributed by atoms with Gasteiger partial charge in [-0.1, -0.05) is 18.7 Å². The summed E-state index contributed by atoms with van der Waals surface area (Å²) in [5.74, 6) is 1.17. The highest BCUT2D eigenvalue weighted by Gasteiger charge is 2.82. The summed E-state index contributed by atoms with van der Waals surface area (Å²) >= 11 is 0. The Labute approximate surface area is 204 Å². The van der Waals surface area contributed by atoms with Crippen LogP contribution in [-0.2, 0) is 5.41 Å². The third kappa shape index (κ3) is 3.01. The lowest BCUT2D eigenvalue weighted by atomic mass is 9.76. The van der Waals surface area contributed by atoms with E-state index in [0.717, 1.165) is 34.5 Å². The number of H-pyrrole nitrogens is 1. The second-order valence-corrected chi connectivity index (χ2v) is 10.3. The van der Waals surface area contributed by atoms with Crippen molar-refractivity contribution in [2.45, 2.75) is 55.8 Å². The molecular formula is C28H31N3O4. The van der Waals surface area contributed by atoms with E-state index in [-0.39, 0.29) is 17.7 Å². The average Bonchev–Trinajstić information content (AvgIpc) is 3.62. The number of phenols is 1. The Morgan fingerprint density at radius 2 is 2.06 bits per heavy atom. The van der Waals surface area contributed by atoms with E-state index < -0.39 is 17.1 Å². The number of fused-ring (bicyclic) bond motifs is 2. The molecule has 4 atom stereocenters. The molecule has 35 heavy (non-hydrogen) atoms. The van der Waals surface area contributed by atoms with Gasteiger partial charge in [0.15, 0.2) is 11.5 Å². The molecule has 1 aromatic heterocycles. The molecule has 6 N–H and O–H groups in total. The number of nitrogens with one attached hydrogen (secondary N) is 2. The second-order valence-electron chi connectivity index (χ2n) is 10.3. The molecule has 3 aliphatic carbocycles. The minimum absolute atomic E-state index is 0.0450. The molecule has 7 rings (SSSR count). The number of nitrogens with two attached hydrogens (primary N) is 1. The molecule has 0 saturated heterocycles. The standard InChI is InChI=1S/C24H22N2O4.C4H9N/c1-12-6-7-18(27)20-19(12)24-13(2)23(24,29)10-8-17(21(24)30-20)26-22(28)15-4-3-5-16-14(15)9-11-25-16;5-3-4-1-2-4/h3-7,9,11,17,21,25,27,29H,2,8,10H2,1H3,(H,26,28);4H,1-3,5H2/t17?,21-,23?,24?;/m0./s1. The van der Waals surface area contributed by atoms with Gasteiger partial charge in [-0.25, -0.2) is 0 Å². The number of aryl methyl sites for hydroxylation is 1. The summed E-state index contributed by atoms with van der Waals surface area (Å²) < 4.78 is 6.23. The topological polar surface area (TPSA) is 121 Å². The smallest absolute Gasteiger partial charge is 0.252 e. The number of carbonyl (C=O) groups is 1. The highest BCUT2D eigenvalue weighted by Crippen LogP contribution is 2.74. The van der Waals surface area contributed by atoms with Gasteiger partial charge < -0.3 is 31.0 Å². The van der Waals surface area contributed by atoms with Crippen LogP contribution in [0.5, 0.6) is 11.5 Å². The number of amides is 1. The third-order valence-corrected chi connectivity index (χ3v) is 8.35. The second kappa shape index (κ2) is 7.60. The van der Waals surface area contributed by atoms with Crippen LogP contribution in [-0.4, -0.2) is 45.4 Å². The predicted octanol–water partition coefficient (Wildman–Crippen LogP) is 3.43. The number of benzene rings is 2. The molecule has 0 bridgehead atoms. The van der Waals surface area contributed by atoms with Crippen LogP contribution < -0.4 is 15.8 Å². The van der Waals surface area contributed by atoms with Crippen molar-refractivity contribution >= 4 is 16.8 Å². The van der Waals surface area contributed by atoms with E-state index in [1.54, 1.807) is 12.1 Å². The predicted molar refractivity (Wildman–Crippen MR) is 134 cm³/mol. The van der Waals surface area contributed by atoms with Crippen LogP contribution in [0.2, 0.25) is 0 Å². The van der Waals surface area contributed by atoms with Gasteiger partial charge in [-0.2, -0.15) is 0 Å². The van der Waals surface area contributed by atoms with Crippen molar-refractivity contribution in [2.24, 2.45) is 11.7 Å². The molecule has 4 aliphatic rings. The molecule has 7 nitrogen and oxygen atoms in total. The van der Waals surface area contributed by atoms with Crippen molar-refractivity contribution < 1.29 is 19.7 Å². The van der Waals surface area contributed by atoms with E-state index in [0.29, 0.717) is 29.7 Å². The van der Waals surface area contributed by atoms with Gasteiger partial charge >= 0.3 is 0 Å². The van der Waals surface area contributed by atoms with E-state index >= 15 is 0 Å². The Morgan fingerprint density at radius 3 is 2.77 bits per heavy atom. The van der Waals surface area contributed by atoms with Gasteiger partial charge in [0.05, 0.1) is 11.5 Å². The van der Waals surface area contributed by atoms with Crippen molar-refractivity contribution in [3.8, 4) is 11.5 Å². The van der Waals surface area contributed by atoms with E-state index in [2.05, 4.69) is 16.9 Å². The highest BCUT2D eigenvalue weighted by atomic mass is 16.5. The van der Waals surface area contributed by atoms with Crippen LogP contribution >= 0.6 is 0 Å². The van der Waals surface area contributed by atoms with Gasteiger partial charge in [0.25, 0.3) is 5.91 Å². The van der Waals surface area contributed by atoms with E-state index in [4.69, 9.17) is 10.5 Å². The number of ether oxygens (including phenoxy) is 1. The molecular weight excluding hydrogens is 442 g/mol. The maximum atomic E-state index is 13.2. The minimum Gasteiger partial charge on any atom is -0.504 e. The normalized spacial score (nSPS) is 29.9. The summed E-state index contributed by atoms with van der Waals surface area (Å²) in [6, 6.07) is 10.6. The van der Waals surface area contributed by atoms with Crippen molar-refractivity contribution in [3.63, 3.8) is 0 Å². The van der Waals surface area contributed by atoms with E-state index in [1.807, 2.05) is 37.4 Å². The molecule has 2 heterocycles. The highest BCUT2D eigenvalue weighted by molar-refractivity contribution is 6.06. The maximum Gasteiger partial charge on any atom is 0.252 e. The first kappa shape index (κ1) is 22.2. The van der Waals surface area contributed by atoms with Crippen LogP contribution in [0, 0.1) is 12.8 Å². The van der Waals surface area contributed by atoms with Gasteiger partial charge in [0.1, 0.15) is 11.7 Å². The zero-order valence-electron chi connectivity index (χ0n) is 19.8. The van der Waals surface area contributed by atoms with Gasteiger partial charge in [0.2, 0.25) is 0 Å². The summed E-state index contributed by atoms with van der Waals surface area (Å²) in [4.78, 5) is 16.3. The largest absolute Gasteiger partial charge is 0.504 e. The Kier molecular flexibility index (Phi) is 4.82. The molecule has 1 aliphatic heterocycles.